The molecule has 37 heavy (non-hydrogen) atoms. The van der Waals surface area contributed by atoms with Gasteiger partial charge in [-0.05, 0) is 36.5 Å². The van der Waals surface area contributed by atoms with Crippen molar-refractivity contribution >= 4 is 48.9 Å². The van der Waals surface area contributed by atoms with Gasteiger partial charge in [0.2, 0.25) is 31.4 Å². The summed E-state index contributed by atoms with van der Waals surface area (Å²) in [6.07, 6.45) is 4.43. The zero-order valence-electron chi connectivity index (χ0n) is 21.0. The lowest BCUT2D eigenvalue weighted by Gasteiger charge is -2.21. The van der Waals surface area contributed by atoms with Crippen LogP contribution >= 0.6 is 0 Å². The normalized spacial score (nSPS) is 13.4. The molecule has 0 bridgehead atoms. The summed E-state index contributed by atoms with van der Waals surface area (Å²) in [6, 6.07) is 5.74. The molecule has 1 atom stereocenters. The van der Waals surface area contributed by atoms with Gasteiger partial charge in [0.1, 0.15) is 12.6 Å². The monoisotopic (exact) mass is 510 g/mol. The Bertz CT molecular complexity index is 1020. The van der Waals surface area contributed by atoms with Crippen molar-refractivity contribution in [2.75, 3.05) is 18.4 Å². The van der Waals surface area contributed by atoms with E-state index in [0.717, 1.165) is 4.90 Å². The van der Waals surface area contributed by atoms with Crippen molar-refractivity contribution in [1.82, 2.24) is 15.5 Å². The molecule has 1 aromatic rings. The third-order valence-corrected chi connectivity index (χ3v) is 5.49. The topological polar surface area (TPSA) is 151 Å². The maximum Gasteiger partial charge on any atom is 0.253 e. The van der Waals surface area contributed by atoms with Crippen molar-refractivity contribution in [3.8, 4) is 0 Å². The van der Waals surface area contributed by atoms with Crippen LogP contribution < -0.4 is 16.0 Å². The molecule has 0 fully saturated rings. The Morgan fingerprint density at radius 1 is 0.946 bits per heavy atom. The summed E-state index contributed by atoms with van der Waals surface area (Å²) in [6.45, 7) is 3.60. The molecule has 11 nitrogen and oxygen atoms in total. The van der Waals surface area contributed by atoms with Crippen LogP contribution in [0.5, 0.6) is 0 Å². The minimum absolute atomic E-state index is 0.0142. The largest absolute Gasteiger partial charge is 0.470 e. The van der Waals surface area contributed by atoms with Gasteiger partial charge in [-0.25, -0.2) is 0 Å². The average molecular weight is 510 g/mol. The van der Waals surface area contributed by atoms with Crippen molar-refractivity contribution in [2.45, 2.75) is 52.2 Å². The predicted octanol–water partition coefficient (Wildman–Crippen LogP) is 1.17. The van der Waals surface area contributed by atoms with Gasteiger partial charge < -0.3 is 20.7 Å². The first-order valence-electron chi connectivity index (χ1n) is 12.0. The SMILES string of the molecule is [B]C(=O)OCc1ccc(NC(=O)CNC(=O)C(NC(=O)CCCCCN2C(=O)C=CC2=O)C(C)C)cc1. The molecule has 1 aliphatic heterocycles. The van der Waals surface area contributed by atoms with E-state index < -0.39 is 23.7 Å². The smallest absolute Gasteiger partial charge is 0.253 e. The fourth-order valence-corrected chi connectivity index (χ4v) is 3.49. The number of anilines is 1. The lowest BCUT2D eigenvalue weighted by molar-refractivity contribution is -0.137. The number of ether oxygens (including phenoxy) is 1. The summed E-state index contributed by atoms with van der Waals surface area (Å²) in [7, 11) is 4.92. The molecule has 0 spiro atoms. The standard InChI is InChI=1S/C25H31BN4O7/c1-16(2)23(29-19(31)6-4-3-5-13-30-21(33)11-12-22(30)34)24(35)27-14-20(32)28-18-9-7-17(8-10-18)15-37-25(26)36/h7-12,16,23H,3-6,13-15H2,1-2H3,(H,27,35)(H,28,32)(H,29,31). The number of nitrogens with zero attached hydrogens (tertiary/aromatic N) is 1. The fourth-order valence-electron chi connectivity index (χ4n) is 3.49. The van der Waals surface area contributed by atoms with Gasteiger partial charge in [0, 0.05) is 30.8 Å². The zero-order valence-corrected chi connectivity index (χ0v) is 21.0. The highest BCUT2D eigenvalue weighted by Gasteiger charge is 2.25. The molecular weight excluding hydrogens is 479 g/mol. The van der Waals surface area contributed by atoms with E-state index in [9.17, 15) is 28.8 Å². The molecule has 2 radical (unpaired) electrons. The Hall–Kier alpha value is -3.96. The molecule has 1 heterocycles. The number of carbonyl (C=O) groups excluding carboxylic acids is 6. The minimum atomic E-state index is -0.882. The van der Waals surface area contributed by atoms with E-state index in [4.69, 9.17) is 7.85 Å². The van der Waals surface area contributed by atoms with E-state index in [1.807, 2.05) is 0 Å². The van der Waals surface area contributed by atoms with Crippen LogP contribution in [0.25, 0.3) is 0 Å². The van der Waals surface area contributed by atoms with Crippen molar-refractivity contribution in [2.24, 2.45) is 5.92 Å². The molecule has 1 aliphatic rings. The molecule has 0 aromatic heterocycles. The first-order valence-corrected chi connectivity index (χ1v) is 12.0. The molecule has 196 valence electrons. The highest BCUT2D eigenvalue weighted by atomic mass is 16.5. The first kappa shape index (κ1) is 29.3. The molecule has 0 aliphatic carbocycles. The Morgan fingerprint density at radius 2 is 1.59 bits per heavy atom. The second kappa shape index (κ2) is 14.6. The van der Waals surface area contributed by atoms with Crippen LogP contribution in [0.1, 0.15) is 45.1 Å². The molecule has 2 rings (SSSR count). The summed E-state index contributed by atoms with van der Waals surface area (Å²) in [4.78, 5) is 72.0. The Kier molecular flexibility index (Phi) is 11.5. The highest BCUT2D eigenvalue weighted by Crippen LogP contribution is 2.11. The van der Waals surface area contributed by atoms with Crippen LogP contribution in [0, 0.1) is 5.92 Å². The molecule has 5 amide bonds. The number of hydrogen-bond donors (Lipinski definition) is 3. The van der Waals surface area contributed by atoms with Crippen molar-refractivity contribution in [3.05, 3.63) is 42.0 Å². The van der Waals surface area contributed by atoms with Gasteiger partial charge in [-0.2, -0.15) is 0 Å². The summed E-state index contributed by atoms with van der Waals surface area (Å²) in [5.74, 6) is -2.97. The van der Waals surface area contributed by atoms with E-state index in [0.29, 0.717) is 37.1 Å². The van der Waals surface area contributed by atoms with Gasteiger partial charge in [-0.3, -0.25) is 33.7 Å². The van der Waals surface area contributed by atoms with Crippen LogP contribution in [-0.4, -0.2) is 67.3 Å². The van der Waals surface area contributed by atoms with Crippen molar-refractivity contribution in [1.29, 1.82) is 0 Å². The second-order valence-corrected chi connectivity index (χ2v) is 8.83. The lowest BCUT2D eigenvalue weighted by Crippen LogP contribution is -2.51. The molecule has 12 heteroatoms. The van der Waals surface area contributed by atoms with Crippen LogP contribution in [0.3, 0.4) is 0 Å². The number of carbonyl (C=O) groups is 6. The van der Waals surface area contributed by atoms with Crippen LogP contribution in [0.15, 0.2) is 36.4 Å². The predicted molar refractivity (Wildman–Crippen MR) is 135 cm³/mol. The number of amides is 5. The number of imide groups is 1. The number of benzene rings is 1. The molecule has 0 saturated heterocycles. The van der Waals surface area contributed by atoms with Crippen LogP contribution in [0.2, 0.25) is 0 Å². The van der Waals surface area contributed by atoms with Crippen LogP contribution in [-0.2, 0) is 35.3 Å². The molecule has 3 N–H and O–H groups in total. The Morgan fingerprint density at radius 3 is 2.19 bits per heavy atom. The summed E-state index contributed by atoms with van der Waals surface area (Å²) >= 11 is 0. The second-order valence-electron chi connectivity index (χ2n) is 8.83. The zero-order chi connectivity index (χ0) is 27.4. The Labute approximate surface area is 216 Å². The molecule has 0 saturated carbocycles. The molecule has 1 unspecified atom stereocenters. The van der Waals surface area contributed by atoms with Crippen molar-refractivity contribution < 1.29 is 33.5 Å². The summed E-state index contributed by atoms with van der Waals surface area (Å²) in [5, 5.41) is 7.88. The summed E-state index contributed by atoms with van der Waals surface area (Å²) in [5.41, 5.74) is 1.18. The van der Waals surface area contributed by atoms with Gasteiger partial charge in [-0.1, -0.05) is 32.4 Å². The summed E-state index contributed by atoms with van der Waals surface area (Å²) < 4.78 is 4.69. The van der Waals surface area contributed by atoms with E-state index in [1.165, 1.54) is 12.2 Å². The quantitative estimate of drug-likeness (QED) is 0.193. The van der Waals surface area contributed by atoms with E-state index >= 15 is 0 Å². The third-order valence-electron chi connectivity index (χ3n) is 5.49. The minimum Gasteiger partial charge on any atom is -0.470 e. The molecule has 1 aromatic carbocycles. The van der Waals surface area contributed by atoms with Gasteiger partial charge in [0.15, 0.2) is 0 Å². The van der Waals surface area contributed by atoms with Gasteiger partial charge in [-0.15, -0.1) is 0 Å². The van der Waals surface area contributed by atoms with E-state index in [2.05, 4.69) is 20.7 Å². The highest BCUT2D eigenvalue weighted by molar-refractivity contribution is 6.55. The number of nitrogens with one attached hydrogen (secondary N) is 3. The van der Waals surface area contributed by atoms with Crippen LogP contribution in [0.4, 0.5) is 10.5 Å². The number of unbranched alkanes of at least 4 members (excludes halogenated alkanes) is 2. The number of hydrogen-bond acceptors (Lipinski definition) is 7. The average Bonchev–Trinajstić information content (AvgIpc) is 3.17. The third kappa shape index (κ3) is 10.3. The fraction of sp³-hybridized carbons (Fsp3) is 0.440. The maximum atomic E-state index is 12.6. The first-order chi connectivity index (χ1) is 17.6. The van der Waals surface area contributed by atoms with Gasteiger partial charge >= 0.3 is 0 Å². The van der Waals surface area contributed by atoms with Gasteiger partial charge in [0.05, 0.1) is 6.54 Å². The number of rotatable bonds is 14. The maximum absolute atomic E-state index is 12.6. The Balaban J connectivity index is 1.69. The van der Waals surface area contributed by atoms with E-state index in [1.54, 1.807) is 38.1 Å². The molecular formula is C25H31BN4O7. The lowest BCUT2D eigenvalue weighted by atomic mass is 10.0. The van der Waals surface area contributed by atoms with Gasteiger partial charge in [0.25, 0.3) is 11.8 Å². The van der Waals surface area contributed by atoms with Crippen molar-refractivity contribution in [3.63, 3.8) is 0 Å². The van der Waals surface area contributed by atoms with E-state index in [-0.39, 0.29) is 43.2 Å².